The van der Waals surface area contributed by atoms with Crippen LogP contribution in [0.3, 0.4) is 0 Å². The fourth-order valence-electron chi connectivity index (χ4n) is 1.15. The first kappa shape index (κ1) is 19.5. The van der Waals surface area contributed by atoms with Crippen LogP contribution in [0.15, 0.2) is 0 Å². The second-order valence-corrected chi connectivity index (χ2v) is 5.89. The summed E-state index contributed by atoms with van der Waals surface area (Å²) in [6, 6.07) is 0. The van der Waals surface area contributed by atoms with E-state index in [9.17, 15) is 26.7 Å². The molecule has 0 amide bonds. The number of rotatable bonds is 9. The minimum atomic E-state index is -5.49. The van der Waals surface area contributed by atoms with E-state index in [1.54, 1.807) is 0 Å². The molecule has 20 heavy (non-hydrogen) atoms. The normalized spacial score (nSPS) is 12.8. The topological polar surface area (TPSA) is 26.3 Å². The zero-order valence-electron chi connectivity index (χ0n) is 11.4. The number of hydrogen-bond donors (Lipinski definition) is 0. The summed E-state index contributed by atoms with van der Waals surface area (Å²) in [7, 11) is 0. The van der Waals surface area contributed by atoms with Crippen molar-refractivity contribution in [2.24, 2.45) is 5.92 Å². The molecule has 0 radical (unpaired) electrons. The molecule has 0 atom stereocenters. The third-order valence-corrected chi connectivity index (χ3v) is 3.26. The van der Waals surface area contributed by atoms with E-state index >= 15 is 0 Å². The van der Waals surface area contributed by atoms with Gasteiger partial charge in [0, 0.05) is 6.42 Å². The van der Waals surface area contributed by atoms with Gasteiger partial charge in [-0.15, -0.1) is 0 Å². The molecule has 0 saturated heterocycles. The Morgan fingerprint density at radius 2 is 1.75 bits per heavy atom. The summed E-state index contributed by atoms with van der Waals surface area (Å²) in [5, 5.41) is 0. The van der Waals surface area contributed by atoms with E-state index in [2.05, 4.69) is 0 Å². The van der Waals surface area contributed by atoms with Gasteiger partial charge in [0.05, 0.1) is 12.4 Å². The first-order valence-electron chi connectivity index (χ1n) is 6.24. The Morgan fingerprint density at radius 3 is 2.25 bits per heavy atom. The molecule has 0 aliphatic carbocycles. The first-order valence-corrected chi connectivity index (χ1v) is 7.39. The van der Waals surface area contributed by atoms with Crippen LogP contribution in [0.1, 0.15) is 33.1 Å². The summed E-state index contributed by atoms with van der Waals surface area (Å²) in [5.74, 6) is -4.36. The SMILES string of the molecule is CC(C)COC(=O)CSCCCCC(F)(F)C(F)(F)F. The quantitative estimate of drug-likeness (QED) is 0.360. The molecule has 8 heteroatoms. The van der Waals surface area contributed by atoms with Gasteiger partial charge < -0.3 is 4.74 Å². The third-order valence-electron chi connectivity index (χ3n) is 2.24. The Morgan fingerprint density at radius 1 is 1.15 bits per heavy atom. The second kappa shape index (κ2) is 8.69. The predicted octanol–water partition coefficient (Wildman–Crippen LogP) is 4.29. The summed E-state index contributed by atoms with van der Waals surface area (Å²) in [6.45, 7) is 4.10. The molecule has 0 aromatic heterocycles. The van der Waals surface area contributed by atoms with Gasteiger partial charge in [0.1, 0.15) is 0 Å². The van der Waals surface area contributed by atoms with Crippen LogP contribution in [-0.2, 0) is 9.53 Å². The Hall–Kier alpha value is -0.530. The van der Waals surface area contributed by atoms with Gasteiger partial charge in [-0.1, -0.05) is 13.8 Å². The van der Waals surface area contributed by atoms with Gasteiger partial charge in [-0.2, -0.15) is 33.7 Å². The lowest BCUT2D eigenvalue weighted by atomic mass is 10.1. The van der Waals surface area contributed by atoms with Gasteiger partial charge in [-0.05, 0) is 24.5 Å². The number of thioether (sulfide) groups is 1. The molecule has 2 nitrogen and oxygen atoms in total. The zero-order valence-corrected chi connectivity index (χ0v) is 12.3. The van der Waals surface area contributed by atoms with Crippen molar-refractivity contribution in [3.05, 3.63) is 0 Å². The van der Waals surface area contributed by atoms with Crippen molar-refractivity contribution in [3.63, 3.8) is 0 Å². The van der Waals surface area contributed by atoms with Gasteiger partial charge in [-0.3, -0.25) is 4.79 Å². The maximum absolute atomic E-state index is 12.5. The van der Waals surface area contributed by atoms with Crippen LogP contribution < -0.4 is 0 Å². The first-order chi connectivity index (χ1) is 9.06. The summed E-state index contributed by atoms with van der Waals surface area (Å²) in [4.78, 5) is 11.2. The Balaban J connectivity index is 3.61. The molecule has 0 aliphatic rings. The Labute approximate surface area is 119 Å². The standard InChI is InChI=1S/C12H19F5O2S/c1-9(2)7-19-10(18)8-20-6-4-3-5-11(13,14)12(15,16)17/h9H,3-8H2,1-2H3. The van der Waals surface area contributed by atoms with Gasteiger partial charge in [0.2, 0.25) is 0 Å². The Kier molecular flexibility index (Phi) is 8.46. The largest absolute Gasteiger partial charge is 0.465 e. The van der Waals surface area contributed by atoms with E-state index in [-0.39, 0.29) is 24.5 Å². The lowest BCUT2D eigenvalue weighted by Gasteiger charge is -2.19. The molecule has 0 spiro atoms. The van der Waals surface area contributed by atoms with Crippen molar-refractivity contribution < 1.29 is 31.5 Å². The van der Waals surface area contributed by atoms with Crippen LogP contribution in [0.4, 0.5) is 22.0 Å². The molecular weight excluding hydrogens is 303 g/mol. The van der Waals surface area contributed by atoms with Crippen LogP contribution in [0.2, 0.25) is 0 Å². The van der Waals surface area contributed by atoms with Gasteiger partial charge >= 0.3 is 18.1 Å². The van der Waals surface area contributed by atoms with E-state index < -0.39 is 24.5 Å². The smallest absolute Gasteiger partial charge is 0.453 e. The van der Waals surface area contributed by atoms with E-state index in [4.69, 9.17) is 4.74 Å². The van der Waals surface area contributed by atoms with E-state index in [1.165, 1.54) is 11.8 Å². The molecule has 0 aliphatic heterocycles. The molecule has 0 unspecified atom stereocenters. The zero-order chi connectivity index (χ0) is 15.8. The highest BCUT2D eigenvalue weighted by Gasteiger charge is 2.56. The number of carbonyl (C=O) groups is 1. The van der Waals surface area contributed by atoms with Crippen LogP contribution in [-0.4, -0.2) is 36.2 Å². The number of unbranched alkanes of at least 4 members (excludes halogenated alkanes) is 1. The molecule has 120 valence electrons. The molecule has 0 bridgehead atoms. The summed E-state index contributed by atoms with van der Waals surface area (Å²) in [5.41, 5.74) is 0. The van der Waals surface area contributed by atoms with Crippen molar-refractivity contribution in [2.45, 2.75) is 45.2 Å². The third kappa shape index (κ3) is 8.60. The highest BCUT2D eigenvalue weighted by atomic mass is 32.2. The van der Waals surface area contributed by atoms with E-state index in [1.807, 2.05) is 13.8 Å². The molecule has 0 rings (SSSR count). The van der Waals surface area contributed by atoms with Crippen LogP contribution in [0.25, 0.3) is 0 Å². The second-order valence-electron chi connectivity index (χ2n) is 4.79. The Bertz CT molecular complexity index is 292. The maximum atomic E-state index is 12.5. The van der Waals surface area contributed by atoms with Crippen molar-refractivity contribution in [2.75, 3.05) is 18.1 Å². The molecule has 0 N–H and O–H groups in total. The molecule has 0 saturated carbocycles. The van der Waals surface area contributed by atoms with Crippen LogP contribution in [0, 0.1) is 5.92 Å². The molecular formula is C12H19F5O2S. The summed E-state index contributed by atoms with van der Waals surface area (Å²) in [6.07, 6.45) is -6.73. The van der Waals surface area contributed by atoms with Gasteiger partial charge in [-0.25, -0.2) is 0 Å². The van der Waals surface area contributed by atoms with Gasteiger partial charge in [0.15, 0.2) is 0 Å². The lowest BCUT2D eigenvalue weighted by Crippen LogP contribution is -2.36. The molecule has 0 fully saturated rings. The number of esters is 1. The average molecular weight is 322 g/mol. The number of ether oxygens (including phenoxy) is 1. The van der Waals surface area contributed by atoms with Crippen LogP contribution in [0.5, 0.6) is 0 Å². The minimum absolute atomic E-state index is 0.0857. The molecule has 0 aromatic carbocycles. The number of carbonyl (C=O) groups excluding carboxylic acids is 1. The fourth-order valence-corrected chi connectivity index (χ4v) is 1.95. The lowest BCUT2D eigenvalue weighted by molar-refractivity contribution is -0.284. The average Bonchev–Trinajstić information content (AvgIpc) is 2.29. The predicted molar refractivity (Wildman–Crippen MR) is 68.0 cm³/mol. The van der Waals surface area contributed by atoms with Crippen LogP contribution >= 0.6 is 11.8 Å². The van der Waals surface area contributed by atoms with Crippen molar-refractivity contribution in [3.8, 4) is 0 Å². The summed E-state index contributed by atoms with van der Waals surface area (Å²) < 4.78 is 65.5. The van der Waals surface area contributed by atoms with Crippen molar-refractivity contribution in [1.82, 2.24) is 0 Å². The number of hydrogen-bond acceptors (Lipinski definition) is 3. The fraction of sp³-hybridized carbons (Fsp3) is 0.917. The number of halogens is 5. The number of alkyl halides is 5. The molecule has 0 aromatic rings. The minimum Gasteiger partial charge on any atom is -0.465 e. The van der Waals surface area contributed by atoms with Crippen molar-refractivity contribution >= 4 is 17.7 Å². The highest BCUT2D eigenvalue weighted by molar-refractivity contribution is 7.99. The monoisotopic (exact) mass is 322 g/mol. The maximum Gasteiger partial charge on any atom is 0.453 e. The molecule has 0 heterocycles. The van der Waals surface area contributed by atoms with Crippen molar-refractivity contribution in [1.29, 1.82) is 0 Å². The van der Waals surface area contributed by atoms with Gasteiger partial charge in [0.25, 0.3) is 0 Å². The van der Waals surface area contributed by atoms with E-state index in [0.717, 1.165) is 0 Å². The summed E-state index contributed by atoms with van der Waals surface area (Å²) >= 11 is 1.17. The van der Waals surface area contributed by atoms with E-state index in [0.29, 0.717) is 12.4 Å². The highest BCUT2D eigenvalue weighted by Crippen LogP contribution is 2.39.